The zero-order valence-electron chi connectivity index (χ0n) is 17.6. The molecule has 158 valence electrons. The van der Waals surface area contributed by atoms with Gasteiger partial charge in [0.15, 0.2) is 0 Å². The molecule has 0 N–H and O–H groups in total. The SMILES string of the molecule is CCOC(=O)C1(Cc2cccc(OC)c2)CCN(Cc2ccc(COC)o2)CC1. The molecular weight excluding hydrogens is 370 g/mol. The van der Waals surface area contributed by atoms with Gasteiger partial charge in [-0.15, -0.1) is 0 Å². The zero-order valence-corrected chi connectivity index (χ0v) is 17.6. The lowest BCUT2D eigenvalue weighted by Gasteiger charge is -2.39. The second-order valence-corrected chi connectivity index (χ2v) is 7.61. The highest BCUT2D eigenvalue weighted by atomic mass is 16.5. The number of nitrogens with zero attached hydrogens (tertiary/aromatic N) is 1. The summed E-state index contributed by atoms with van der Waals surface area (Å²) in [5, 5.41) is 0. The van der Waals surface area contributed by atoms with Crippen molar-refractivity contribution in [2.24, 2.45) is 5.41 Å². The van der Waals surface area contributed by atoms with Gasteiger partial charge in [0.2, 0.25) is 0 Å². The van der Waals surface area contributed by atoms with Crippen LogP contribution in [0.15, 0.2) is 40.8 Å². The number of benzene rings is 1. The van der Waals surface area contributed by atoms with Crippen molar-refractivity contribution in [3.05, 3.63) is 53.5 Å². The van der Waals surface area contributed by atoms with E-state index in [1.54, 1.807) is 14.2 Å². The van der Waals surface area contributed by atoms with E-state index in [1.807, 2.05) is 37.3 Å². The summed E-state index contributed by atoms with van der Waals surface area (Å²) in [4.78, 5) is 15.2. The van der Waals surface area contributed by atoms with Gasteiger partial charge in [-0.2, -0.15) is 0 Å². The second kappa shape index (κ2) is 9.94. The van der Waals surface area contributed by atoms with Gasteiger partial charge in [0, 0.05) is 7.11 Å². The molecule has 0 amide bonds. The largest absolute Gasteiger partial charge is 0.497 e. The molecule has 0 spiro atoms. The summed E-state index contributed by atoms with van der Waals surface area (Å²) in [5.74, 6) is 2.47. The minimum atomic E-state index is -0.497. The Morgan fingerprint density at radius 3 is 2.59 bits per heavy atom. The monoisotopic (exact) mass is 401 g/mol. The van der Waals surface area contributed by atoms with Crippen molar-refractivity contribution in [1.82, 2.24) is 4.90 Å². The highest BCUT2D eigenvalue weighted by Crippen LogP contribution is 2.37. The maximum Gasteiger partial charge on any atom is 0.312 e. The molecule has 0 aliphatic carbocycles. The highest BCUT2D eigenvalue weighted by molar-refractivity contribution is 5.77. The molecule has 1 fully saturated rings. The van der Waals surface area contributed by atoms with Crippen LogP contribution in [0.3, 0.4) is 0 Å². The molecule has 1 aliphatic heterocycles. The Labute approximate surface area is 172 Å². The smallest absolute Gasteiger partial charge is 0.312 e. The van der Waals surface area contributed by atoms with Gasteiger partial charge < -0.3 is 18.6 Å². The van der Waals surface area contributed by atoms with Gasteiger partial charge in [-0.3, -0.25) is 9.69 Å². The number of hydrogen-bond donors (Lipinski definition) is 0. The average molecular weight is 402 g/mol. The lowest BCUT2D eigenvalue weighted by molar-refractivity contribution is -0.158. The van der Waals surface area contributed by atoms with Crippen molar-refractivity contribution in [2.75, 3.05) is 33.9 Å². The van der Waals surface area contributed by atoms with Crippen LogP contribution in [0.1, 0.15) is 36.8 Å². The van der Waals surface area contributed by atoms with Gasteiger partial charge in [0.05, 0.1) is 25.7 Å². The Morgan fingerprint density at radius 1 is 1.14 bits per heavy atom. The van der Waals surface area contributed by atoms with Crippen molar-refractivity contribution in [3.63, 3.8) is 0 Å². The van der Waals surface area contributed by atoms with E-state index >= 15 is 0 Å². The van der Waals surface area contributed by atoms with Crippen LogP contribution < -0.4 is 4.74 Å². The first-order valence-electron chi connectivity index (χ1n) is 10.2. The van der Waals surface area contributed by atoms with Gasteiger partial charge in [0.25, 0.3) is 0 Å². The molecule has 2 heterocycles. The first-order valence-corrected chi connectivity index (χ1v) is 10.2. The van der Waals surface area contributed by atoms with Crippen LogP contribution in [0.4, 0.5) is 0 Å². The summed E-state index contributed by atoms with van der Waals surface area (Å²) in [6.45, 7) is 5.12. The highest BCUT2D eigenvalue weighted by Gasteiger charge is 2.42. The zero-order chi connectivity index (χ0) is 20.7. The normalized spacial score (nSPS) is 16.5. The molecule has 0 unspecified atom stereocenters. The minimum absolute atomic E-state index is 0.0946. The van der Waals surface area contributed by atoms with E-state index in [9.17, 15) is 4.79 Å². The molecule has 3 rings (SSSR count). The molecule has 1 aliphatic rings. The number of hydrogen-bond acceptors (Lipinski definition) is 6. The number of piperidine rings is 1. The van der Waals surface area contributed by atoms with Crippen LogP contribution in [-0.2, 0) is 33.8 Å². The molecule has 6 nitrogen and oxygen atoms in total. The number of furan rings is 1. The van der Waals surface area contributed by atoms with E-state index < -0.39 is 5.41 Å². The number of carbonyl (C=O) groups is 1. The van der Waals surface area contributed by atoms with Gasteiger partial charge in [0.1, 0.15) is 23.9 Å². The molecule has 0 bridgehead atoms. The topological polar surface area (TPSA) is 61.1 Å². The van der Waals surface area contributed by atoms with Crippen LogP contribution in [-0.4, -0.2) is 44.8 Å². The third-order valence-corrected chi connectivity index (χ3v) is 5.58. The van der Waals surface area contributed by atoms with Crippen molar-refractivity contribution >= 4 is 5.97 Å². The van der Waals surface area contributed by atoms with E-state index in [1.165, 1.54) is 0 Å². The standard InChI is InChI=1S/C23H31NO5/c1-4-28-22(25)23(15-18-6-5-7-19(14-18)27-3)10-12-24(13-11-23)16-20-8-9-21(29-20)17-26-2/h5-9,14H,4,10-13,15-17H2,1-3H3. The predicted molar refractivity (Wildman–Crippen MR) is 110 cm³/mol. The number of esters is 1. The molecule has 0 saturated carbocycles. The summed E-state index contributed by atoms with van der Waals surface area (Å²) in [6.07, 6.45) is 2.18. The number of rotatable bonds is 9. The second-order valence-electron chi connectivity index (χ2n) is 7.61. The summed E-state index contributed by atoms with van der Waals surface area (Å²) in [6, 6.07) is 11.9. The Balaban J connectivity index is 1.67. The van der Waals surface area contributed by atoms with Gasteiger partial charge >= 0.3 is 5.97 Å². The quantitative estimate of drug-likeness (QED) is 0.595. The molecule has 2 aromatic rings. The van der Waals surface area contributed by atoms with E-state index in [0.29, 0.717) is 19.6 Å². The lowest BCUT2D eigenvalue weighted by Crippen LogP contribution is -2.46. The molecule has 0 radical (unpaired) electrons. The third kappa shape index (κ3) is 5.40. The maximum absolute atomic E-state index is 12.9. The van der Waals surface area contributed by atoms with Crippen molar-refractivity contribution < 1.29 is 23.4 Å². The van der Waals surface area contributed by atoms with Gasteiger partial charge in [-0.25, -0.2) is 0 Å². The van der Waals surface area contributed by atoms with Crippen LogP contribution in [0.2, 0.25) is 0 Å². The number of ether oxygens (including phenoxy) is 3. The fraction of sp³-hybridized carbons (Fsp3) is 0.522. The Kier molecular flexibility index (Phi) is 7.34. The Morgan fingerprint density at radius 2 is 1.90 bits per heavy atom. The number of methoxy groups -OCH3 is 2. The van der Waals surface area contributed by atoms with Crippen molar-refractivity contribution in [3.8, 4) is 5.75 Å². The van der Waals surface area contributed by atoms with E-state index in [2.05, 4.69) is 11.0 Å². The molecular formula is C23H31NO5. The summed E-state index contributed by atoms with van der Waals surface area (Å²) < 4.78 is 21.7. The molecule has 1 aromatic heterocycles. The first-order chi connectivity index (χ1) is 14.1. The number of likely N-dealkylation sites (tertiary alicyclic amines) is 1. The van der Waals surface area contributed by atoms with Crippen LogP contribution in [0.25, 0.3) is 0 Å². The molecule has 29 heavy (non-hydrogen) atoms. The van der Waals surface area contributed by atoms with Gasteiger partial charge in [-0.1, -0.05) is 12.1 Å². The fourth-order valence-corrected chi connectivity index (χ4v) is 4.00. The van der Waals surface area contributed by atoms with Crippen LogP contribution in [0, 0.1) is 5.41 Å². The van der Waals surface area contributed by atoms with Crippen LogP contribution in [0.5, 0.6) is 5.75 Å². The summed E-state index contributed by atoms with van der Waals surface area (Å²) >= 11 is 0. The Hall–Kier alpha value is -2.31. The van der Waals surface area contributed by atoms with Gasteiger partial charge in [-0.05, 0) is 69.1 Å². The maximum atomic E-state index is 12.9. The van der Waals surface area contributed by atoms with E-state index in [-0.39, 0.29) is 5.97 Å². The van der Waals surface area contributed by atoms with Crippen molar-refractivity contribution in [1.29, 1.82) is 0 Å². The average Bonchev–Trinajstić information content (AvgIpc) is 3.17. The van der Waals surface area contributed by atoms with Crippen LogP contribution >= 0.6 is 0 Å². The third-order valence-electron chi connectivity index (χ3n) is 5.58. The first kappa shape index (κ1) is 21.4. The molecule has 6 heteroatoms. The predicted octanol–water partition coefficient (Wildman–Crippen LogP) is 3.82. The molecule has 1 aromatic carbocycles. The minimum Gasteiger partial charge on any atom is -0.497 e. The fourth-order valence-electron chi connectivity index (χ4n) is 4.00. The molecule has 0 atom stereocenters. The van der Waals surface area contributed by atoms with E-state index in [4.69, 9.17) is 18.6 Å². The van der Waals surface area contributed by atoms with Crippen molar-refractivity contribution in [2.45, 2.75) is 39.3 Å². The lowest BCUT2D eigenvalue weighted by atomic mass is 9.73. The summed E-state index contributed by atoms with van der Waals surface area (Å²) in [5.41, 5.74) is 0.601. The molecule has 1 saturated heterocycles. The van der Waals surface area contributed by atoms with E-state index in [0.717, 1.165) is 55.3 Å². The summed E-state index contributed by atoms with van der Waals surface area (Å²) in [7, 11) is 3.31. The Bertz CT molecular complexity index is 792. The number of carbonyl (C=O) groups excluding carboxylic acids is 1.